The summed E-state index contributed by atoms with van der Waals surface area (Å²) in [6.45, 7) is 14.4. The van der Waals surface area contributed by atoms with Gasteiger partial charge in [-0.05, 0) is 88.4 Å². The van der Waals surface area contributed by atoms with E-state index in [0.717, 1.165) is 45.3 Å². The Bertz CT molecular complexity index is 1030. The number of aliphatic hydroxyl groups excluding tert-OH is 1. The first-order chi connectivity index (χ1) is 21.4. The fourth-order valence-electron chi connectivity index (χ4n) is 5.88. The maximum atomic E-state index is 13.1. The minimum Gasteiger partial charge on any atom is -0.493 e. The third-order valence-electron chi connectivity index (χ3n) is 9.20. The Morgan fingerprint density at radius 1 is 1.00 bits per heavy atom. The van der Waals surface area contributed by atoms with Crippen LogP contribution in [0.2, 0.25) is 0 Å². The monoisotopic (exact) mass is 668 g/mol. The van der Waals surface area contributed by atoms with Crippen LogP contribution in [0.4, 0.5) is 0 Å². The molecule has 1 aromatic rings. The number of nitrogens with two attached hydrogens (primary N) is 1. The number of Topliss-reactive ketones (excluding diaryl/α,β-unsaturated/α-hetero) is 1. The van der Waals surface area contributed by atoms with E-state index in [1.807, 2.05) is 26.0 Å². The zero-order valence-corrected chi connectivity index (χ0v) is 29.8. The van der Waals surface area contributed by atoms with Gasteiger partial charge in [0.25, 0.3) is 5.91 Å². The highest BCUT2D eigenvalue weighted by atomic mass is 35.5. The van der Waals surface area contributed by atoms with Crippen LogP contribution in [0.3, 0.4) is 0 Å². The lowest BCUT2D eigenvalue weighted by molar-refractivity contribution is -0.127. The molecule has 11 heteroatoms. The predicted molar refractivity (Wildman–Crippen MR) is 185 cm³/mol. The van der Waals surface area contributed by atoms with Crippen LogP contribution in [0.25, 0.3) is 0 Å². The SMILES string of the molecule is COCCCCOc1ccccc1C(=O)NC[C@@H](C[C@H](N)[C@@H](O)C[C@H](C(=O)NCCN1CCC(C(C)=O)CC1)C(C)C)C(C)C.Cl. The van der Waals surface area contributed by atoms with Crippen LogP contribution in [0, 0.1) is 29.6 Å². The van der Waals surface area contributed by atoms with Crippen molar-refractivity contribution in [2.45, 2.75) is 85.3 Å². The van der Waals surface area contributed by atoms with E-state index in [-0.39, 0.29) is 66.0 Å². The number of para-hydroxylation sites is 1. The number of hydrogen-bond acceptors (Lipinski definition) is 8. The highest BCUT2D eigenvalue weighted by Gasteiger charge is 2.30. The van der Waals surface area contributed by atoms with Gasteiger partial charge in [0.05, 0.1) is 18.3 Å². The molecule has 1 saturated heterocycles. The predicted octanol–water partition coefficient (Wildman–Crippen LogP) is 4.07. The number of likely N-dealkylation sites (tertiary alicyclic amines) is 1. The van der Waals surface area contributed by atoms with Crippen molar-refractivity contribution >= 4 is 30.0 Å². The summed E-state index contributed by atoms with van der Waals surface area (Å²) in [7, 11) is 1.67. The van der Waals surface area contributed by atoms with Gasteiger partial charge < -0.3 is 35.8 Å². The van der Waals surface area contributed by atoms with Gasteiger partial charge in [-0.15, -0.1) is 12.4 Å². The van der Waals surface area contributed by atoms with Gasteiger partial charge in [-0.25, -0.2) is 0 Å². The Morgan fingerprint density at radius 3 is 2.26 bits per heavy atom. The maximum Gasteiger partial charge on any atom is 0.255 e. The summed E-state index contributed by atoms with van der Waals surface area (Å²) in [5, 5.41) is 17.2. The molecular weight excluding hydrogens is 608 g/mol. The van der Waals surface area contributed by atoms with Crippen molar-refractivity contribution in [3.8, 4) is 5.75 Å². The molecule has 1 heterocycles. The average molecular weight is 669 g/mol. The first-order valence-corrected chi connectivity index (χ1v) is 16.9. The smallest absolute Gasteiger partial charge is 0.255 e. The summed E-state index contributed by atoms with van der Waals surface area (Å²) >= 11 is 0. The molecule has 1 aromatic carbocycles. The van der Waals surface area contributed by atoms with E-state index in [1.54, 1.807) is 26.2 Å². The molecule has 0 saturated carbocycles. The summed E-state index contributed by atoms with van der Waals surface area (Å²) in [5.41, 5.74) is 7.00. The molecule has 1 aliphatic heterocycles. The standard InChI is InChI=1S/C35H60N4O6.ClH/c1-24(2)28(23-38-34(42)29-11-7-8-12-33(29)45-20-10-9-19-44-6)21-31(36)32(41)22-30(25(3)4)35(43)37-15-18-39-16-13-27(14-17-39)26(5)40;/h7-8,11-12,24-25,27-28,30-32,41H,9-10,13-23,36H2,1-6H3,(H,37,43)(H,38,42);1H/t28-,30+,31+,32+;/m1./s1. The summed E-state index contributed by atoms with van der Waals surface area (Å²) in [4.78, 5) is 40.1. The van der Waals surface area contributed by atoms with E-state index in [2.05, 4.69) is 29.4 Å². The molecule has 1 aliphatic rings. The molecule has 0 spiro atoms. The molecule has 0 aliphatic carbocycles. The molecular formula is C35H61ClN4O6. The minimum absolute atomic E-state index is 0. The fraction of sp³-hybridized carbons (Fsp3) is 0.743. The molecule has 0 aromatic heterocycles. The highest BCUT2D eigenvalue weighted by Crippen LogP contribution is 2.24. The second-order valence-electron chi connectivity index (χ2n) is 13.3. The van der Waals surface area contributed by atoms with Gasteiger partial charge in [0, 0.05) is 51.2 Å². The summed E-state index contributed by atoms with van der Waals surface area (Å²) in [6, 6.07) is 6.70. The second kappa shape index (κ2) is 22.4. The van der Waals surface area contributed by atoms with Crippen LogP contribution >= 0.6 is 12.4 Å². The molecule has 0 unspecified atom stereocenters. The lowest BCUT2D eigenvalue weighted by atomic mass is 9.83. The Labute approximate surface area is 283 Å². The number of ether oxygens (including phenoxy) is 2. The molecule has 0 radical (unpaired) electrons. The molecule has 1 fully saturated rings. The van der Waals surface area contributed by atoms with Crippen molar-refractivity contribution in [1.82, 2.24) is 15.5 Å². The molecule has 2 amide bonds. The number of carbonyl (C=O) groups excluding carboxylic acids is 3. The lowest BCUT2D eigenvalue weighted by Gasteiger charge is -2.31. The van der Waals surface area contributed by atoms with E-state index in [0.29, 0.717) is 44.0 Å². The van der Waals surface area contributed by atoms with Crippen molar-refractivity contribution in [2.75, 3.05) is 53.0 Å². The molecule has 0 bridgehead atoms. The Kier molecular flexibility index (Phi) is 20.3. The van der Waals surface area contributed by atoms with Crippen molar-refractivity contribution in [1.29, 1.82) is 0 Å². The topological polar surface area (TPSA) is 143 Å². The molecule has 4 atom stereocenters. The number of unbranched alkanes of at least 4 members (excludes halogenated alkanes) is 1. The lowest BCUT2D eigenvalue weighted by Crippen LogP contribution is -2.45. The first-order valence-electron chi connectivity index (χ1n) is 16.9. The van der Waals surface area contributed by atoms with Crippen LogP contribution in [0.15, 0.2) is 24.3 Å². The third kappa shape index (κ3) is 14.7. The molecule has 10 nitrogen and oxygen atoms in total. The molecule has 46 heavy (non-hydrogen) atoms. The molecule has 264 valence electrons. The number of piperidine rings is 1. The number of hydrogen-bond donors (Lipinski definition) is 4. The largest absolute Gasteiger partial charge is 0.493 e. The number of ketones is 1. The second-order valence-corrected chi connectivity index (χ2v) is 13.3. The number of nitrogens with one attached hydrogen (secondary N) is 2. The van der Waals surface area contributed by atoms with Gasteiger partial charge in [-0.2, -0.15) is 0 Å². The quantitative estimate of drug-likeness (QED) is 0.144. The van der Waals surface area contributed by atoms with Crippen LogP contribution in [0.5, 0.6) is 5.75 Å². The van der Waals surface area contributed by atoms with E-state index >= 15 is 0 Å². The van der Waals surface area contributed by atoms with Gasteiger partial charge >= 0.3 is 0 Å². The number of rotatable bonds is 21. The third-order valence-corrected chi connectivity index (χ3v) is 9.20. The van der Waals surface area contributed by atoms with E-state index in [9.17, 15) is 19.5 Å². The van der Waals surface area contributed by atoms with Crippen molar-refractivity contribution in [3.63, 3.8) is 0 Å². The zero-order chi connectivity index (χ0) is 33.4. The average Bonchev–Trinajstić information content (AvgIpc) is 3.01. The highest BCUT2D eigenvalue weighted by molar-refractivity contribution is 5.96. The number of carbonyl (C=O) groups is 3. The van der Waals surface area contributed by atoms with Crippen LogP contribution in [-0.2, 0) is 14.3 Å². The van der Waals surface area contributed by atoms with Gasteiger partial charge in [0.1, 0.15) is 11.5 Å². The first kappa shape index (κ1) is 41.8. The van der Waals surface area contributed by atoms with Crippen LogP contribution < -0.4 is 21.1 Å². The summed E-state index contributed by atoms with van der Waals surface area (Å²) in [5.74, 6) is 0.648. The number of nitrogens with zero attached hydrogens (tertiary/aromatic N) is 1. The van der Waals surface area contributed by atoms with Crippen molar-refractivity contribution in [2.24, 2.45) is 35.3 Å². The minimum atomic E-state index is -0.849. The normalized spacial score (nSPS) is 16.7. The molecule has 5 N–H and O–H groups in total. The van der Waals surface area contributed by atoms with E-state index in [1.165, 1.54) is 0 Å². The van der Waals surface area contributed by atoms with Gasteiger partial charge in [0.2, 0.25) is 5.91 Å². The van der Waals surface area contributed by atoms with Gasteiger partial charge in [0.15, 0.2) is 0 Å². The molecule has 2 rings (SSSR count). The van der Waals surface area contributed by atoms with Gasteiger partial charge in [-0.1, -0.05) is 39.8 Å². The fourth-order valence-corrected chi connectivity index (χ4v) is 5.88. The number of methoxy groups -OCH3 is 1. The van der Waals surface area contributed by atoms with Crippen LogP contribution in [0.1, 0.15) is 83.5 Å². The zero-order valence-electron chi connectivity index (χ0n) is 29.0. The maximum absolute atomic E-state index is 13.1. The summed E-state index contributed by atoms with van der Waals surface area (Å²) in [6.07, 6.45) is 3.42. The summed E-state index contributed by atoms with van der Waals surface area (Å²) < 4.78 is 11.0. The number of benzene rings is 1. The van der Waals surface area contributed by atoms with E-state index in [4.69, 9.17) is 15.2 Å². The Hall–Kier alpha value is -2.24. The number of halogens is 1. The van der Waals surface area contributed by atoms with E-state index < -0.39 is 12.1 Å². The van der Waals surface area contributed by atoms with Crippen LogP contribution in [-0.4, -0.2) is 92.8 Å². The Morgan fingerprint density at radius 2 is 1.65 bits per heavy atom. The van der Waals surface area contributed by atoms with Gasteiger partial charge in [-0.3, -0.25) is 14.4 Å². The number of amides is 2. The van der Waals surface area contributed by atoms with Crippen molar-refractivity contribution < 1.29 is 29.0 Å². The Balaban J connectivity index is 0.0000106. The van der Waals surface area contributed by atoms with Crippen molar-refractivity contribution in [3.05, 3.63) is 29.8 Å². The number of aliphatic hydroxyl groups is 1.